The highest BCUT2D eigenvalue weighted by Gasteiger charge is 2.51. The second-order valence-electron chi connectivity index (χ2n) is 8.70. The highest BCUT2D eigenvalue weighted by Crippen LogP contribution is 2.48. The van der Waals surface area contributed by atoms with Gasteiger partial charge >= 0.3 is 24.1 Å². The molecule has 13 heteroatoms. The molecule has 1 heterocycles. The first-order valence-electron chi connectivity index (χ1n) is 10.7. The summed E-state index contributed by atoms with van der Waals surface area (Å²) in [5.41, 5.74) is -0.704. The van der Waals surface area contributed by atoms with E-state index in [-0.39, 0.29) is 43.4 Å². The van der Waals surface area contributed by atoms with E-state index in [4.69, 9.17) is 4.74 Å². The summed E-state index contributed by atoms with van der Waals surface area (Å²) in [4.78, 5) is 35.4. The van der Waals surface area contributed by atoms with Crippen LogP contribution in [-0.4, -0.2) is 42.3 Å². The number of likely N-dealkylation sites (N-methyl/N-ethyl adjacent to an activating group) is 1. The Balaban J connectivity index is 1.86. The van der Waals surface area contributed by atoms with Gasteiger partial charge in [0.2, 0.25) is 0 Å². The zero-order valence-electron chi connectivity index (χ0n) is 18.9. The van der Waals surface area contributed by atoms with Gasteiger partial charge in [-0.1, -0.05) is 15.9 Å². The Morgan fingerprint density at radius 3 is 2.51 bits per heavy atom. The molecular weight excluding hydrogens is 535 g/mol. The van der Waals surface area contributed by atoms with Crippen molar-refractivity contribution in [3.05, 3.63) is 33.8 Å². The Kier molecular flexibility index (Phi) is 7.45. The van der Waals surface area contributed by atoms with E-state index in [1.165, 1.54) is 13.1 Å². The van der Waals surface area contributed by atoms with Crippen LogP contribution in [-0.2, 0) is 20.5 Å². The Bertz CT molecular complexity index is 1110. The number of benzene rings is 1. The van der Waals surface area contributed by atoms with Crippen molar-refractivity contribution in [3.8, 4) is 6.07 Å². The summed E-state index contributed by atoms with van der Waals surface area (Å²) >= 11 is 3.27. The van der Waals surface area contributed by atoms with E-state index in [9.17, 15) is 32.8 Å². The lowest BCUT2D eigenvalue weighted by atomic mass is 9.65. The van der Waals surface area contributed by atoms with Crippen molar-refractivity contribution in [1.29, 1.82) is 5.26 Å². The van der Waals surface area contributed by atoms with Gasteiger partial charge in [0.1, 0.15) is 5.71 Å². The smallest absolute Gasteiger partial charge is 0.428 e. The molecule has 0 aromatic heterocycles. The number of hydrazone groups is 1. The number of nitrogens with one attached hydrogen (secondary N) is 3. The van der Waals surface area contributed by atoms with Crippen molar-refractivity contribution < 1.29 is 32.3 Å². The molecule has 1 atom stereocenters. The van der Waals surface area contributed by atoms with Crippen LogP contribution in [0.5, 0.6) is 0 Å². The molecule has 1 aromatic rings. The minimum atomic E-state index is -4.58. The molecule has 1 fully saturated rings. The van der Waals surface area contributed by atoms with Crippen molar-refractivity contribution >= 4 is 39.5 Å². The average molecular weight is 558 g/mol. The van der Waals surface area contributed by atoms with Gasteiger partial charge in [0.25, 0.3) is 0 Å². The van der Waals surface area contributed by atoms with Crippen LogP contribution in [0.3, 0.4) is 0 Å². The third kappa shape index (κ3) is 5.58. The third-order valence-electron chi connectivity index (χ3n) is 6.29. The van der Waals surface area contributed by atoms with Crippen LogP contribution in [0.2, 0.25) is 0 Å². The maximum atomic E-state index is 13.3. The molecule has 1 saturated carbocycles. The molecule has 1 aromatic carbocycles. The Morgan fingerprint density at radius 2 is 1.94 bits per heavy atom. The molecule has 1 aliphatic carbocycles. The molecule has 3 N–H and O–H groups in total. The summed E-state index contributed by atoms with van der Waals surface area (Å²) in [6.07, 6.45) is -4.47. The van der Waals surface area contributed by atoms with Gasteiger partial charge in [-0.3, -0.25) is 9.59 Å². The second kappa shape index (κ2) is 9.85. The Labute approximate surface area is 207 Å². The number of alkyl halides is 3. The molecule has 1 spiro atoms. The lowest BCUT2D eigenvalue weighted by Crippen LogP contribution is -2.54. The fraction of sp³-hybridized carbons (Fsp3) is 0.500. The number of hydrogen-bond donors (Lipinski definition) is 3. The van der Waals surface area contributed by atoms with Crippen LogP contribution in [0.15, 0.2) is 27.8 Å². The van der Waals surface area contributed by atoms with Gasteiger partial charge in [-0.25, -0.2) is 10.2 Å². The maximum Gasteiger partial charge on any atom is 0.428 e. The minimum absolute atomic E-state index is 0.121. The Morgan fingerprint density at radius 1 is 1.29 bits per heavy atom. The predicted octanol–water partition coefficient (Wildman–Crippen LogP) is 3.38. The lowest BCUT2D eigenvalue weighted by Gasteiger charge is -2.45. The number of halogens is 4. The van der Waals surface area contributed by atoms with E-state index in [1.54, 1.807) is 6.92 Å². The molecule has 1 aliphatic heterocycles. The third-order valence-corrected chi connectivity index (χ3v) is 6.98. The first kappa shape index (κ1) is 26.5. The van der Waals surface area contributed by atoms with Gasteiger partial charge in [-0.15, -0.1) is 0 Å². The molecule has 0 bridgehead atoms. The fourth-order valence-electron chi connectivity index (χ4n) is 4.51. The second-order valence-corrected chi connectivity index (χ2v) is 9.55. The largest absolute Gasteiger partial charge is 0.435 e. The molecule has 9 nitrogen and oxygen atoms in total. The average Bonchev–Trinajstić information content (AvgIpc) is 2.80. The molecule has 3 rings (SSSR count). The van der Waals surface area contributed by atoms with Crippen molar-refractivity contribution in [3.63, 3.8) is 0 Å². The summed E-state index contributed by atoms with van der Waals surface area (Å²) in [5.74, 6) is -1.63. The molecule has 0 radical (unpaired) electrons. The highest BCUT2D eigenvalue weighted by molar-refractivity contribution is 9.10. The number of carbonyl (C=O) groups is 3. The quantitative estimate of drug-likeness (QED) is 0.488. The van der Waals surface area contributed by atoms with Crippen LogP contribution in [0.1, 0.15) is 50.2 Å². The van der Waals surface area contributed by atoms with Crippen LogP contribution >= 0.6 is 15.9 Å². The van der Waals surface area contributed by atoms with E-state index >= 15 is 0 Å². The number of nitrogens with zero attached hydrogens (tertiary/aromatic N) is 2. The number of amides is 3. The van der Waals surface area contributed by atoms with Crippen LogP contribution in [0.25, 0.3) is 0 Å². The van der Waals surface area contributed by atoms with E-state index in [0.717, 1.165) is 12.1 Å². The van der Waals surface area contributed by atoms with Gasteiger partial charge < -0.3 is 15.4 Å². The summed E-state index contributed by atoms with van der Waals surface area (Å²) in [5, 5.41) is 18.8. The summed E-state index contributed by atoms with van der Waals surface area (Å²) in [6.45, 7) is 1.67. The van der Waals surface area contributed by atoms with Crippen molar-refractivity contribution in [2.75, 3.05) is 7.05 Å². The number of hydrogen-bond acceptors (Lipinski definition) is 6. The summed E-state index contributed by atoms with van der Waals surface area (Å²) in [7, 11) is 1.33. The van der Waals surface area contributed by atoms with Gasteiger partial charge in [0.15, 0.2) is 5.60 Å². The summed E-state index contributed by atoms with van der Waals surface area (Å²) < 4.78 is 46.0. The molecule has 3 amide bonds. The van der Waals surface area contributed by atoms with Crippen LogP contribution in [0, 0.1) is 16.7 Å². The zero-order chi connectivity index (χ0) is 26.0. The first-order valence-corrected chi connectivity index (χ1v) is 11.5. The van der Waals surface area contributed by atoms with Gasteiger partial charge in [-0.2, -0.15) is 23.5 Å². The summed E-state index contributed by atoms with van der Waals surface area (Å²) in [6, 6.07) is 4.90. The monoisotopic (exact) mass is 557 g/mol. The molecule has 0 saturated heterocycles. The SMILES string of the molecule is CNC(=O)C(=O)N[C@@H](C)CC1(C#N)CCC2(CC1)OC(=O)NN=C2c1cc(C(F)(F)F)ccc1Br. The maximum absolute atomic E-state index is 13.3. The van der Waals surface area contributed by atoms with Crippen molar-refractivity contribution in [2.45, 2.75) is 56.8 Å². The van der Waals surface area contributed by atoms with Gasteiger partial charge in [0, 0.05) is 23.1 Å². The van der Waals surface area contributed by atoms with Gasteiger partial charge in [0.05, 0.1) is 17.0 Å². The van der Waals surface area contributed by atoms with E-state index in [1.807, 2.05) is 0 Å². The predicted molar refractivity (Wildman–Crippen MR) is 121 cm³/mol. The van der Waals surface area contributed by atoms with Crippen molar-refractivity contribution in [1.82, 2.24) is 16.1 Å². The fourth-order valence-corrected chi connectivity index (χ4v) is 4.95. The minimum Gasteiger partial charge on any atom is -0.435 e. The number of rotatable bonds is 4. The number of ether oxygens (including phenoxy) is 1. The molecule has 35 heavy (non-hydrogen) atoms. The van der Waals surface area contributed by atoms with Crippen LogP contribution < -0.4 is 16.1 Å². The lowest BCUT2D eigenvalue weighted by molar-refractivity contribution is -0.139. The van der Waals surface area contributed by atoms with Gasteiger partial charge in [-0.05, 0) is 57.2 Å². The molecular formula is C22H23BrF3N5O4. The number of nitriles is 1. The standard InChI is InChI=1S/C22H23BrF3N5O4/c1-12(29-18(33)17(32)28-2)10-20(11-27)5-7-21(8-6-20)16(30-31-19(34)35-21)14-9-13(22(24,25)26)3-4-15(14)23/h3-4,9,12H,5-8,10H2,1-2H3,(H,28,32)(H,29,33)(H,31,34)/t12-,20?,21?/m0/s1. The number of carbonyl (C=O) groups excluding carboxylic acids is 3. The van der Waals surface area contributed by atoms with E-state index in [0.29, 0.717) is 4.47 Å². The highest BCUT2D eigenvalue weighted by atomic mass is 79.9. The van der Waals surface area contributed by atoms with Crippen LogP contribution in [0.4, 0.5) is 18.0 Å². The Hall–Kier alpha value is -3.14. The van der Waals surface area contributed by atoms with E-state index in [2.05, 4.69) is 43.2 Å². The van der Waals surface area contributed by atoms with E-state index < -0.39 is 46.7 Å². The molecule has 2 aliphatic rings. The molecule has 188 valence electrons. The first-order chi connectivity index (χ1) is 16.3. The molecule has 0 unspecified atom stereocenters. The normalized spacial score (nSPS) is 24.9. The topological polar surface area (TPSA) is 133 Å². The zero-order valence-corrected chi connectivity index (χ0v) is 20.5. The van der Waals surface area contributed by atoms with Crippen molar-refractivity contribution in [2.24, 2.45) is 10.5 Å².